The Morgan fingerprint density at radius 1 is 1.50 bits per heavy atom. The van der Waals surface area contributed by atoms with Crippen LogP contribution in [-0.4, -0.2) is 48.3 Å². The van der Waals surface area contributed by atoms with Crippen LogP contribution >= 0.6 is 0 Å². The van der Waals surface area contributed by atoms with Crippen LogP contribution in [-0.2, 0) is 9.53 Å². The molecule has 2 heterocycles. The minimum Gasteiger partial charge on any atom is -0.469 e. The fourth-order valence-corrected chi connectivity index (χ4v) is 2.89. The predicted octanol–water partition coefficient (Wildman–Crippen LogP) is 0.00300. The van der Waals surface area contributed by atoms with E-state index in [1.165, 1.54) is 7.11 Å². The van der Waals surface area contributed by atoms with Gasteiger partial charge in [0.05, 0.1) is 19.1 Å². The van der Waals surface area contributed by atoms with Gasteiger partial charge in [0.25, 0.3) is 0 Å². The minimum absolute atomic E-state index is 0.177. The minimum atomic E-state index is -0.517. The van der Waals surface area contributed by atoms with E-state index in [2.05, 4.69) is 4.90 Å². The molecule has 0 amide bonds. The smallest absolute Gasteiger partial charge is 0.312 e. The van der Waals surface area contributed by atoms with Crippen molar-refractivity contribution in [2.45, 2.75) is 37.5 Å². The summed E-state index contributed by atoms with van der Waals surface area (Å²) in [5, 5.41) is 9.84. The molecule has 2 aliphatic heterocycles. The molecule has 0 aromatic heterocycles. The quantitative estimate of drug-likeness (QED) is 0.604. The molecule has 4 nitrogen and oxygen atoms in total. The first-order valence-electron chi connectivity index (χ1n) is 5.13. The summed E-state index contributed by atoms with van der Waals surface area (Å²) in [5.74, 6) is -0.613. The van der Waals surface area contributed by atoms with E-state index in [-0.39, 0.29) is 17.9 Å². The Morgan fingerprint density at radius 3 is 2.86 bits per heavy atom. The molecule has 0 radical (unpaired) electrons. The van der Waals surface area contributed by atoms with Crippen molar-refractivity contribution in [2.24, 2.45) is 5.92 Å². The van der Waals surface area contributed by atoms with Gasteiger partial charge in [-0.1, -0.05) is 0 Å². The number of piperidine rings is 1. The van der Waals surface area contributed by atoms with Crippen LogP contribution in [0.5, 0.6) is 0 Å². The standard InChI is InChI=1S/C10H17NO3/c1-11-6-3-4-7(11)9(8(12)5-6)10(13)14-2/h6-9,12H,3-5H2,1-2H3/t6-,7?,8-,9+/m1/s1. The average molecular weight is 199 g/mol. The van der Waals surface area contributed by atoms with E-state index in [0.29, 0.717) is 12.5 Å². The van der Waals surface area contributed by atoms with Crippen LogP contribution in [0.1, 0.15) is 19.3 Å². The molecule has 1 N–H and O–H groups in total. The second-order valence-electron chi connectivity index (χ2n) is 4.32. The normalized spacial score (nSPS) is 42.5. The zero-order chi connectivity index (χ0) is 10.3. The summed E-state index contributed by atoms with van der Waals surface area (Å²) in [5.41, 5.74) is 0. The summed E-state index contributed by atoms with van der Waals surface area (Å²) in [6.07, 6.45) is 2.27. The van der Waals surface area contributed by atoms with Gasteiger partial charge in [0.2, 0.25) is 0 Å². The van der Waals surface area contributed by atoms with Crippen molar-refractivity contribution in [2.75, 3.05) is 14.2 Å². The fourth-order valence-electron chi connectivity index (χ4n) is 2.89. The Labute approximate surface area is 83.8 Å². The molecule has 2 bridgehead atoms. The molecule has 0 aliphatic carbocycles. The number of aliphatic hydroxyl groups is 1. The number of carbonyl (C=O) groups excluding carboxylic acids is 1. The zero-order valence-electron chi connectivity index (χ0n) is 8.64. The summed E-state index contributed by atoms with van der Waals surface area (Å²) in [6.45, 7) is 0. The lowest BCUT2D eigenvalue weighted by molar-refractivity contribution is -0.155. The van der Waals surface area contributed by atoms with Crippen LogP contribution in [0.25, 0.3) is 0 Å². The first-order valence-corrected chi connectivity index (χ1v) is 5.13. The Bertz CT molecular complexity index is 244. The number of esters is 1. The van der Waals surface area contributed by atoms with Gasteiger partial charge in [0.15, 0.2) is 0 Å². The second kappa shape index (κ2) is 3.51. The number of aliphatic hydroxyl groups excluding tert-OH is 1. The second-order valence-corrected chi connectivity index (χ2v) is 4.32. The molecule has 2 fully saturated rings. The van der Waals surface area contributed by atoms with E-state index in [9.17, 15) is 9.90 Å². The highest BCUT2D eigenvalue weighted by molar-refractivity contribution is 5.74. The molecular formula is C10H17NO3. The number of fused-ring (bicyclic) bond motifs is 2. The number of carbonyl (C=O) groups is 1. The molecule has 80 valence electrons. The highest BCUT2D eigenvalue weighted by Gasteiger charge is 2.48. The summed E-state index contributed by atoms with van der Waals surface area (Å²) >= 11 is 0. The number of rotatable bonds is 1. The molecule has 4 atom stereocenters. The van der Waals surface area contributed by atoms with Crippen LogP contribution in [0.15, 0.2) is 0 Å². The maximum absolute atomic E-state index is 11.5. The summed E-state index contributed by atoms with van der Waals surface area (Å²) in [7, 11) is 3.42. The highest BCUT2D eigenvalue weighted by Crippen LogP contribution is 2.38. The highest BCUT2D eigenvalue weighted by atomic mass is 16.5. The molecule has 14 heavy (non-hydrogen) atoms. The van der Waals surface area contributed by atoms with E-state index in [1.807, 2.05) is 7.05 Å². The van der Waals surface area contributed by atoms with Gasteiger partial charge in [-0.2, -0.15) is 0 Å². The topological polar surface area (TPSA) is 49.8 Å². The lowest BCUT2D eigenvalue weighted by Gasteiger charge is -2.39. The molecule has 2 saturated heterocycles. The van der Waals surface area contributed by atoms with Crippen LogP contribution in [0.4, 0.5) is 0 Å². The Morgan fingerprint density at radius 2 is 2.21 bits per heavy atom. The van der Waals surface area contributed by atoms with Crippen molar-refractivity contribution in [1.82, 2.24) is 4.90 Å². The van der Waals surface area contributed by atoms with E-state index in [1.54, 1.807) is 0 Å². The van der Waals surface area contributed by atoms with Crippen molar-refractivity contribution in [3.8, 4) is 0 Å². The van der Waals surface area contributed by atoms with Crippen molar-refractivity contribution in [3.63, 3.8) is 0 Å². The summed E-state index contributed by atoms with van der Waals surface area (Å²) in [6, 6.07) is 0.632. The van der Waals surface area contributed by atoms with E-state index in [0.717, 1.165) is 12.8 Å². The van der Waals surface area contributed by atoms with Gasteiger partial charge in [-0.15, -0.1) is 0 Å². The number of nitrogens with zero attached hydrogens (tertiary/aromatic N) is 1. The number of hydrogen-bond acceptors (Lipinski definition) is 4. The van der Waals surface area contributed by atoms with Gasteiger partial charge in [-0.05, 0) is 26.3 Å². The number of hydrogen-bond donors (Lipinski definition) is 1. The van der Waals surface area contributed by atoms with Gasteiger partial charge < -0.3 is 9.84 Å². The molecule has 0 aromatic rings. The lowest BCUT2D eigenvalue weighted by atomic mass is 9.88. The number of methoxy groups -OCH3 is 1. The Balaban J connectivity index is 2.18. The largest absolute Gasteiger partial charge is 0.469 e. The van der Waals surface area contributed by atoms with Gasteiger partial charge in [0, 0.05) is 12.1 Å². The Hall–Kier alpha value is -0.610. The van der Waals surface area contributed by atoms with E-state index < -0.39 is 6.10 Å². The Kier molecular flexibility index (Phi) is 2.49. The third kappa shape index (κ3) is 1.33. The van der Waals surface area contributed by atoms with Crippen LogP contribution < -0.4 is 0 Å². The summed E-state index contributed by atoms with van der Waals surface area (Å²) < 4.78 is 4.73. The van der Waals surface area contributed by atoms with Gasteiger partial charge >= 0.3 is 5.97 Å². The third-order valence-corrected chi connectivity index (χ3v) is 3.71. The maximum atomic E-state index is 11.5. The molecule has 4 heteroatoms. The molecule has 0 aromatic carbocycles. The summed E-state index contributed by atoms with van der Waals surface area (Å²) in [4.78, 5) is 13.7. The lowest BCUT2D eigenvalue weighted by Crippen LogP contribution is -2.52. The van der Waals surface area contributed by atoms with Gasteiger partial charge in [-0.3, -0.25) is 9.69 Å². The van der Waals surface area contributed by atoms with Crippen molar-refractivity contribution < 1.29 is 14.6 Å². The van der Waals surface area contributed by atoms with Crippen molar-refractivity contribution in [3.05, 3.63) is 0 Å². The van der Waals surface area contributed by atoms with Crippen molar-refractivity contribution >= 4 is 5.97 Å². The molecule has 1 unspecified atom stereocenters. The maximum Gasteiger partial charge on any atom is 0.312 e. The zero-order valence-corrected chi connectivity index (χ0v) is 8.64. The first kappa shape index (κ1) is 9.93. The molecule has 2 rings (SSSR count). The SMILES string of the molecule is COC(=O)[C@H]1C2CC[C@H](C[C@H]1O)N2C. The third-order valence-electron chi connectivity index (χ3n) is 3.71. The van der Waals surface area contributed by atoms with E-state index in [4.69, 9.17) is 4.74 Å². The van der Waals surface area contributed by atoms with Crippen LogP contribution in [0.2, 0.25) is 0 Å². The first-order chi connectivity index (χ1) is 6.65. The van der Waals surface area contributed by atoms with Crippen LogP contribution in [0, 0.1) is 5.92 Å². The van der Waals surface area contributed by atoms with Crippen LogP contribution in [0.3, 0.4) is 0 Å². The predicted molar refractivity (Wildman–Crippen MR) is 50.7 cm³/mol. The van der Waals surface area contributed by atoms with E-state index >= 15 is 0 Å². The molecular weight excluding hydrogens is 182 g/mol. The monoisotopic (exact) mass is 199 g/mol. The average Bonchev–Trinajstić information content (AvgIpc) is 2.42. The molecule has 2 aliphatic rings. The van der Waals surface area contributed by atoms with Gasteiger partial charge in [0.1, 0.15) is 0 Å². The van der Waals surface area contributed by atoms with Crippen molar-refractivity contribution in [1.29, 1.82) is 0 Å². The molecule has 0 saturated carbocycles. The molecule has 0 spiro atoms. The fraction of sp³-hybridized carbons (Fsp3) is 0.900. The van der Waals surface area contributed by atoms with Gasteiger partial charge in [-0.25, -0.2) is 0 Å². The number of ether oxygens (including phenoxy) is 1.